The van der Waals surface area contributed by atoms with Gasteiger partial charge in [0.05, 0.1) is 5.69 Å². The van der Waals surface area contributed by atoms with E-state index in [2.05, 4.69) is 0 Å². The van der Waals surface area contributed by atoms with Crippen molar-refractivity contribution in [2.75, 3.05) is 11.5 Å². The number of halogens is 2. The van der Waals surface area contributed by atoms with Gasteiger partial charge >= 0.3 is 0 Å². The fourth-order valence-electron chi connectivity index (χ4n) is 1.05. The standard InChI is InChI=1S/C11H11F2NOS/c1-7(15)16-4-2-3-8-5-11(14)10(13)6-9(8)12/h2-3,5-6H,4,14H2,1H3. The molecule has 0 unspecified atom stereocenters. The minimum atomic E-state index is -0.771. The zero-order valence-corrected chi connectivity index (χ0v) is 9.48. The van der Waals surface area contributed by atoms with E-state index in [1.807, 2.05) is 0 Å². The predicted molar refractivity (Wildman–Crippen MR) is 62.9 cm³/mol. The number of nitrogen functional groups attached to an aromatic ring is 1. The number of hydrogen-bond acceptors (Lipinski definition) is 3. The number of benzene rings is 1. The Morgan fingerprint density at radius 1 is 1.44 bits per heavy atom. The highest BCUT2D eigenvalue weighted by atomic mass is 32.2. The molecule has 1 rings (SSSR count). The first-order valence-corrected chi connectivity index (χ1v) is 5.53. The number of rotatable bonds is 3. The third kappa shape index (κ3) is 3.66. The molecular weight excluding hydrogens is 232 g/mol. The molecule has 0 aliphatic carbocycles. The highest BCUT2D eigenvalue weighted by Crippen LogP contribution is 2.18. The molecule has 0 aromatic heterocycles. The van der Waals surface area contributed by atoms with E-state index in [-0.39, 0.29) is 16.4 Å². The van der Waals surface area contributed by atoms with Gasteiger partial charge in [-0.05, 0) is 6.07 Å². The van der Waals surface area contributed by atoms with Crippen LogP contribution >= 0.6 is 11.8 Å². The molecule has 86 valence electrons. The van der Waals surface area contributed by atoms with Crippen molar-refractivity contribution in [2.24, 2.45) is 0 Å². The summed E-state index contributed by atoms with van der Waals surface area (Å²) in [5, 5.41) is -0.0104. The maximum atomic E-state index is 13.2. The van der Waals surface area contributed by atoms with Crippen molar-refractivity contribution in [3.63, 3.8) is 0 Å². The highest BCUT2D eigenvalue weighted by molar-refractivity contribution is 8.13. The van der Waals surface area contributed by atoms with Crippen molar-refractivity contribution in [3.8, 4) is 0 Å². The minimum absolute atomic E-state index is 0.0104. The average molecular weight is 243 g/mol. The lowest BCUT2D eigenvalue weighted by Gasteiger charge is -2.00. The van der Waals surface area contributed by atoms with Crippen LogP contribution in [0.1, 0.15) is 12.5 Å². The summed E-state index contributed by atoms with van der Waals surface area (Å²) in [6.45, 7) is 1.45. The van der Waals surface area contributed by atoms with E-state index in [9.17, 15) is 13.6 Å². The molecule has 0 aliphatic rings. The lowest BCUT2D eigenvalue weighted by molar-refractivity contribution is -0.109. The second-order valence-electron chi connectivity index (χ2n) is 3.10. The van der Waals surface area contributed by atoms with Crippen LogP contribution in [-0.4, -0.2) is 10.9 Å². The van der Waals surface area contributed by atoms with Crippen LogP contribution in [0.15, 0.2) is 18.2 Å². The first-order chi connectivity index (χ1) is 7.50. The summed E-state index contributed by atoms with van der Waals surface area (Å²) in [7, 11) is 0. The fraction of sp³-hybridized carbons (Fsp3) is 0.182. The van der Waals surface area contributed by atoms with Crippen molar-refractivity contribution in [1.29, 1.82) is 0 Å². The summed E-state index contributed by atoms with van der Waals surface area (Å²) in [6, 6.07) is 1.97. The maximum absolute atomic E-state index is 13.2. The average Bonchev–Trinajstić information content (AvgIpc) is 2.19. The molecule has 0 atom stereocenters. The fourth-order valence-corrected chi connectivity index (χ4v) is 1.48. The third-order valence-electron chi connectivity index (χ3n) is 1.80. The van der Waals surface area contributed by atoms with Gasteiger partial charge in [-0.2, -0.15) is 0 Å². The quantitative estimate of drug-likeness (QED) is 0.830. The van der Waals surface area contributed by atoms with Gasteiger partial charge in [0.2, 0.25) is 0 Å². The van der Waals surface area contributed by atoms with Crippen molar-refractivity contribution < 1.29 is 13.6 Å². The highest BCUT2D eigenvalue weighted by Gasteiger charge is 2.04. The Bertz CT molecular complexity index is 432. The summed E-state index contributed by atoms with van der Waals surface area (Å²) in [5.41, 5.74) is 5.42. The minimum Gasteiger partial charge on any atom is -0.396 e. The Kier molecular flexibility index (Phi) is 4.49. The third-order valence-corrected chi connectivity index (χ3v) is 2.56. The number of thioether (sulfide) groups is 1. The molecule has 5 heteroatoms. The molecule has 0 fully saturated rings. The molecule has 0 radical (unpaired) electrons. The molecule has 1 aromatic carbocycles. The van der Waals surface area contributed by atoms with Crippen molar-refractivity contribution in [3.05, 3.63) is 35.4 Å². The molecule has 1 aromatic rings. The molecule has 16 heavy (non-hydrogen) atoms. The van der Waals surface area contributed by atoms with Crippen molar-refractivity contribution in [1.82, 2.24) is 0 Å². The van der Waals surface area contributed by atoms with Gasteiger partial charge in [-0.25, -0.2) is 8.78 Å². The number of hydrogen-bond donors (Lipinski definition) is 1. The van der Waals surface area contributed by atoms with Crippen LogP contribution in [0.2, 0.25) is 0 Å². The SMILES string of the molecule is CC(=O)SCC=Cc1cc(N)c(F)cc1F. The Morgan fingerprint density at radius 3 is 2.75 bits per heavy atom. The van der Waals surface area contributed by atoms with Crippen molar-refractivity contribution in [2.45, 2.75) is 6.92 Å². The first kappa shape index (κ1) is 12.7. The Hall–Kier alpha value is -1.36. The maximum Gasteiger partial charge on any atom is 0.186 e. The molecule has 0 aliphatic heterocycles. The van der Waals surface area contributed by atoms with Crippen LogP contribution in [0.3, 0.4) is 0 Å². The van der Waals surface area contributed by atoms with Gasteiger partial charge in [0.15, 0.2) is 5.12 Å². The number of carbonyl (C=O) groups is 1. The largest absolute Gasteiger partial charge is 0.396 e. The van der Waals surface area contributed by atoms with E-state index in [1.54, 1.807) is 6.08 Å². The van der Waals surface area contributed by atoms with E-state index in [4.69, 9.17) is 5.73 Å². The van der Waals surface area contributed by atoms with Crippen LogP contribution in [0.5, 0.6) is 0 Å². The molecule has 0 saturated heterocycles. The first-order valence-electron chi connectivity index (χ1n) is 4.55. The van der Waals surface area contributed by atoms with Crippen LogP contribution in [0.4, 0.5) is 14.5 Å². The Labute approximate surface area is 96.5 Å². The second kappa shape index (κ2) is 5.65. The Morgan fingerprint density at radius 2 is 2.12 bits per heavy atom. The van der Waals surface area contributed by atoms with Gasteiger partial charge < -0.3 is 5.73 Å². The second-order valence-corrected chi connectivity index (χ2v) is 4.30. The molecule has 0 saturated carbocycles. The van der Waals surface area contributed by atoms with Crippen LogP contribution in [-0.2, 0) is 4.79 Å². The van der Waals surface area contributed by atoms with E-state index in [0.29, 0.717) is 5.75 Å². The lowest BCUT2D eigenvalue weighted by Crippen LogP contribution is -1.94. The van der Waals surface area contributed by atoms with Crippen LogP contribution in [0, 0.1) is 11.6 Å². The predicted octanol–water partition coefficient (Wildman–Crippen LogP) is 2.84. The van der Waals surface area contributed by atoms with E-state index in [0.717, 1.165) is 17.8 Å². The zero-order chi connectivity index (χ0) is 12.1. The monoisotopic (exact) mass is 243 g/mol. The van der Waals surface area contributed by atoms with Gasteiger partial charge in [0.25, 0.3) is 0 Å². The zero-order valence-electron chi connectivity index (χ0n) is 8.67. The van der Waals surface area contributed by atoms with Crippen LogP contribution in [0.25, 0.3) is 6.08 Å². The molecular formula is C11H11F2NOS. The molecule has 2 nitrogen and oxygen atoms in total. The molecule has 0 amide bonds. The molecule has 0 spiro atoms. The molecule has 0 bridgehead atoms. The van der Waals surface area contributed by atoms with Crippen LogP contribution < -0.4 is 5.73 Å². The van der Waals surface area contributed by atoms with Gasteiger partial charge in [0, 0.05) is 24.3 Å². The number of carbonyl (C=O) groups excluding carboxylic acids is 1. The Balaban J connectivity index is 2.73. The summed E-state index contributed by atoms with van der Waals surface area (Å²) in [6.07, 6.45) is 3.10. The van der Waals surface area contributed by atoms with Gasteiger partial charge in [-0.1, -0.05) is 23.9 Å². The molecule has 2 N–H and O–H groups in total. The van der Waals surface area contributed by atoms with E-state index < -0.39 is 11.6 Å². The number of anilines is 1. The normalized spacial score (nSPS) is 10.9. The topological polar surface area (TPSA) is 43.1 Å². The summed E-state index contributed by atoms with van der Waals surface area (Å²) in [4.78, 5) is 10.6. The lowest BCUT2D eigenvalue weighted by atomic mass is 10.1. The smallest absolute Gasteiger partial charge is 0.186 e. The van der Waals surface area contributed by atoms with E-state index in [1.165, 1.54) is 19.1 Å². The van der Waals surface area contributed by atoms with Gasteiger partial charge in [-0.3, -0.25) is 4.79 Å². The van der Waals surface area contributed by atoms with Gasteiger partial charge in [0.1, 0.15) is 11.6 Å². The summed E-state index contributed by atoms with van der Waals surface area (Å²) >= 11 is 1.11. The molecule has 0 heterocycles. The van der Waals surface area contributed by atoms with E-state index >= 15 is 0 Å². The van der Waals surface area contributed by atoms with Crippen molar-refractivity contribution >= 4 is 28.6 Å². The summed E-state index contributed by atoms with van der Waals surface area (Å²) in [5.74, 6) is -0.991. The summed E-state index contributed by atoms with van der Waals surface area (Å²) < 4.78 is 26.0. The number of nitrogens with two attached hydrogens (primary N) is 1. The van der Waals surface area contributed by atoms with Gasteiger partial charge in [-0.15, -0.1) is 0 Å².